The second-order valence-electron chi connectivity index (χ2n) is 2.73. The van der Waals surface area contributed by atoms with Crippen molar-refractivity contribution in [1.82, 2.24) is 0 Å². The van der Waals surface area contributed by atoms with Crippen molar-refractivity contribution in [3.05, 3.63) is 22.4 Å². The number of nitrogens with zero attached hydrogens (tertiary/aromatic N) is 1. The molecular formula is C8H6ClNS. The fourth-order valence-electron chi connectivity index (χ4n) is 1.17. The molecule has 1 aliphatic rings. The smallest absolute Gasteiger partial charge is 0.0958 e. The fourth-order valence-corrected chi connectivity index (χ4v) is 2.46. The van der Waals surface area contributed by atoms with E-state index in [2.05, 4.69) is 6.07 Å². The summed E-state index contributed by atoms with van der Waals surface area (Å²) in [4.78, 5) is 0.800. The predicted octanol–water partition coefficient (Wildman–Crippen LogP) is 2.73. The van der Waals surface area contributed by atoms with Crippen LogP contribution in [-0.4, -0.2) is 0 Å². The van der Waals surface area contributed by atoms with E-state index in [4.69, 9.17) is 16.9 Å². The average Bonchev–Trinajstić information content (AvgIpc) is 2.55. The van der Waals surface area contributed by atoms with Crippen LogP contribution < -0.4 is 0 Å². The molecule has 1 unspecified atom stereocenters. The van der Waals surface area contributed by atoms with Gasteiger partial charge >= 0.3 is 0 Å². The van der Waals surface area contributed by atoms with E-state index >= 15 is 0 Å². The minimum Gasteiger partial charge on any atom is -0.198 e. The van der Waals surface area contributed by atoms with E-state index < -0.39 is 0 Å². The third-order valence-electron chi connectivity index (χ3n) is 1.98. The summed E-state index contributed by atoms with van der Waals surface area (Å²) in [5.74, 6) is 0.0304. The molecule has 1 aliphatic carbocycles. The van der Waals surface area contributed by atoms with Crippen LogP contribution in [0.1, 0.15) is 11.3 Å². The molecule has 0 bridgehead atoms. The first-order valence-electron chi connectivity index (χ1n) is 3.40. The normalized spacial score (nSPS) is 34.7. The minimum absolute atomic E-state index is 0.0304. The molecule has 1 fully saturated rings. The summed E-state index contributed by atoms with van der Waals surface area (Å²) in [6.45, 7) is 0. The second-order valence-corrected chi connectivity index (χ2v) is 4.35. The predicted molar refractivity (Wildman–Crippen MR) is 45.6 cm³/mol. The van der Waals surface area contributed by atoms with Gasteiger partial charge in [0.2, 0.25) is 0 Å². The third-order valence-corrected chi connectivity index (χ3v) is 3.76. The van der Waals surface area contributed by atoms with E-state index in [-0.39, 0.29) is 10.8 Å². The lowest BCUT2D eigenvalue weighted by molar-refractivity contribution is 0.960. The first kappa shape index (κ1) is 7.15. The van der Waals surface area contributed by atoms with Gasteiger partial charge in [0, 0.05) is 4.88 Å². The maximum Gasteiger partial charge on any atom is 0.0958 e. The topological polar surface area (TPSA) is 23.8 Å². The van der Waals surface area contributed by atoms with Crippen LogP contribution in [0.3, 0.4) is 0 Å². The van der Waals surface area contributed by atoms with Crippen molar-refractivity contribution in [2.45, 2.75) is 11.3 Å². The summed E-state index contributed by atoms with van der Waals surface area (Å²) < 4.78 is 0. The highest BCUT2D eigenvalue weighted by Crippen LogP contribution is 2.58. The minimum atomic E-state index is -0.330. The van der Waals surface area contributed by atoms with Gasteiger partial charge in [-0.25, -0.2) is 0 Å². The van der Waals surface area contributed by atoms with E-state index in [1.807, 2.05) is 17.5 Å². The summed E-state index contributed by atoms with van der Waals surface area (Å²) in [6, 6.07) is 6.16. The molecule has 2 atom stereocenters. The van der Waals surface area contributed by atoms with Gasteiger partial charge in [-0.2, -0.15) is 5.26 Å². The Morgan fingerprint density at radius 1 is 1.82 bits per heavy atom. The first-order chi connectivity index (χ1) is 5.27. The van der Waals surface area contributed by atoms with Crippen LogP contribution in [-0.2, 0) is 4.87 Å². The highest BCUT2D eigenvalue weighted by atomic mass is 35.5. The zero-order valence-corrected chi connectivity index (χ0v) is 7.32. The van der Waals surface area contributed by atoms with Crippen LogP contribution in [0.4, 0.5) is 0 Å². The van der Waals surface area contributed by atoms with Crippen molar-refractivity contribution in [3.8, 4) is 6.07 Å². The largest absolute Gasteiger partial charge is 0.198 e. The lowest BCUT2D eigenvalue weighted by Crippen LogP contribution is -1.95. The van der Waals surface area contributed by atoms with Crippen molar-refractivity contribution >= 4 is 22.9 Å². The van der Waals surface area contributed by atoms with E-state index in [0.29, 0.717) is 0 Å². The highest BCUT2D eigenvalue weighted by molar-refractivity contribution is 7.10. The summed E-state index contributed by atoms with van der Waals surface area (Å²) in [6.07, 6.45) is 0.811. The molecule has 0 N–H and O–H groups in total. The molecule has 1 aromatic rings. The summed E-state index contributed by atoms with van der Waals surface area (Å²) in [5, 5.41) is 10.6. The van der Waals surface area contributed by atoms with Crippen molar-refractivity contribution in [3.63, 3.8) is 0 Å². The number of rotatable bonds is 1. The molecular weight excluding hydrogens is 178 g/mol. The van der Waals surface area contributed by atoms with Crippen LogP contribution in [0.2, 0.25) is 0 Å². The Kier molecular flexibility index (Phi) is 1.45. The van der Waals surface area contributed by atoms with Crippen LogP contribution in [0, 0.1) is 17.2 Å². The summed E-state index contributed by atoms with van der Waals surface area (Å²) in [5.41, 5.74) is 0. The van der Waals surface area contributed by atoms with Gasteiger partial charge in [0.1, 0.15) is 0 Å². The van der Waals surface area contributed by atoms with Gasteiger partial charge < -0.3 is 0 Å². The Labute approximate surface area is 74.2 Å². The second kappa shape index (κ2) is 2.23. The Balaban J connectivity index is 2.28. The van der Waals surface area contributed by atoms with Crippen molar-refractivity contribution in [2.75, 3.05) is 0 Å². The molecule has 0 radical (unpaired) electrons. The molecule has 56 valence electrons. The molecule has 0 aliphatic heterocycles. The quantitative estimate of drug-likeness (QED) is 0.615. The number of thiophene rings is 1. The molecule has 11 heavy (non-hydrogen) atoms. The Morgan fingerprint density at radius 2 is 2.64 bits per heavy atom. The standard InChI is InChI=1S/C8H6ClNS/c9-8(4-6(8)5-10)7-2-1-3-11-7/h1-3,6H,4H2/t6-,8?/m1/s1. The first-order valence-corrected chi connectivity index (χ1v) is 4.65. The maximum absolute atomic E-state index is 8.61. The van der Waals surface area contributed by atoms with Gasteiger partial charge in [0.15, 0.2) is 0 Å². The Bertz CT molecular complexity index is 300. The van der Waals surface area contributed by atoms with Gasteiger partial charge in [-0.3, -0.25) is 0 Å². The van der Waals surface area contributed by atoms with E-state index in [9.17, 15) is 0 Å². The Hall–Kier alpha value is -0.520. The van der Waals surface area contributed by atoms with Gasteiger partial charge in [-0.15, -0.1) is 22.9 Å². The van der Waals surface area contributed by atoms with Crippen LogP contribution in [0.25, 0.3) is 0 Å². The molecule has 2 rings (SSSR count). The van der Waals surface area contributed by atoms with E-state index in [1.165, 1.54) is 0 Å². The van der Waals surface area contributed by atoms with Gasteiger partial charge in [-0.05, 0) is 17.9 Å². The number of halogens is 1. The fraction of sp³-hybridized carbons (Fsp3) is 0.375. The third kappa shape index (κ3) is 0.962. The summed E-state index contributed by atoms with van der Waals surface area (Å²) in [7, 11) is 0. The zero-order valence-electron chi connectivity index (χ0n) is 5.75. The Morgan fingerprint density at radius 3 is 3.09 bits per heavy atom. The van der Waals surface area contributed by atoms with Gasteiger partial charge in [0.25, 0.3) is 0 Å². The summed E-state index contributed by atoms with van der Waals surface area (Å²) >= 11 is 7.79. The molecule has 3 heteroatoms. The zero-order chi connectivity index (χ0) is 7.90. The van der Waals surface area contributed by atoms with Gasteiger partial charge in [0.05, 0.1) is 16.9 Å². The lowest BCUT2D eigenvalue weighted by Gasteiger charge is -2.00. The maximum atomic E-state index is 8.61. The molecule has 1 saturated carbocycles. The number of hydrogen-bond acceptors (Lipinski definition) is 2. The van der Waals surface area contributed by atoms with Crippen LogP contribution in [0.15, 0.2) is 17.5 Å². The molecule has 0 amide bonds. The van der Waals surface area contributed by atoms with Crippen molar-refractivity contribution < 1.29 is 0 Å². The van der Waals surface area contributed by atoms with Crippen molar-refractivity contribution in [1.29, 1.82) is 5.26 Å². The van der Waals surface area contributed by atoms with Crippen LogP contribution in [0.5, 0.6) is 0 Å². The molecule has 0 saturated heterocycles. The molecule has 0 aromatic carbocycles. The molecule has 1 aromatic heterocycles. The number of alkyl halides is 1. The molecule has 1 heterocycles. The number of hydrogen-bond donors (Lipinski definition) is 0. The molecule has 1 nitrogen and oxygen atoms in total. The number of nitriles is 1. The highest BCUT2D eigenvalue weighted by Gasteiger charge is 2.55. The monoisotopic (exact) mass is 183 g/mol. The van der Waals surface area contributed by atoms with Crippen molar-refractivity contribution in [2.24, 2.45) is 5.92 Å². The SMILES string of the molecule is N#C[C@H]1CC1(Cl)c1cccs1. The van der Waals surface area contributed by atoms with E-state index in [0.717, 1.165) is 11.3 Å². The lowest BCUT2D eigenvalue weighted by atomic mass is 10.3. The van der Waals surface area contributed by atoms with Crippen LogP contribution >= 0.6 is 22.9 Å². The van der Waals surface area contributed by atoms with Gasteiger partial charge in [-0.1, -0.05) is 6.07 Å². The average molecular weight is 184 g/mol. The van der Waals surface area contributed by atoms with E-state index in [1.54, 1.807) is 11.3 Å². The molecule has 0 spiro atoms.